The molecule has 0 radical (unpaired) electrons. The summed E-state index contributed by atoms with van der Waals surface area (Å²) in [4.78, 5) is 12.0. The summed E-state index contributed by atoms with van der Waals surface area (Å²) >= 11 is 0. The molecule has 0 aliphatic carbocycles. The number of esters is 1. The first-order valence-corrected chi connectivity index (χ1v) is 5.77. The van der Waals surface area contributed by atoms with Crippen LogP contribution in [0, 0.1) is 6.92 Å². The molecule has 1 aliphatic rings. The van der Waals surface area contributed by atoms with Crippen molar-refractivity contribution in [3.8, 4) is 0 Å². The molecular formula is C15H14O2. The molecule has 0 aromatic heterocycles. The topological polar surface area (TPSA) is 26.3 Å². The fourth-order valence-electron chi connectivity index (χ4n) is 2.81. The number of hydrogen-bond donors (Lipinski definition) is 0. The molecule has 0 N–H and O–H groups in total. The second kappa shape index (κ2) is 3.10. The predicted molar refractivity (Wildman–Crippen MR) is 67.1 cm³/mol. The van der Waals surface area contributed by atoms with Gasteiger partial charge >= 0.3 is 5.97 Å². The Morgan fingerprint density at radius 3 is 2.65 bits per heavy atom. The molecular weight excluding hydrogens is 212 g/mol. The van der Waals surface area contributed by atoms with Gasteiger partial charge in [-0.1, -0.05) is 30.3 Å². The average molecular weight is 226 g/mol. The third-order valence-corrected chi connectivity index (χ3v) is 3.40. The monoisotopic (exact) mass is 226 g/mol. The lowest BCUT2D eigenvalue weighted by molar-refractivity contribution is 0.00946. The number of benzene rings is 2. The van der Waals surface area contributed by atoms with Gasteiger partial charge in [0.05, 0.1) is 5.56 Å². The maximum Gasteiger partial charge on any atom is 0.340 e. The minimum absolute atomic E-state index is 0.204. The lowest BCUT2D eigenvalue weighted by atomic mass is 9.88. The standard InChI is InChI=1S/C15H14O2/c1-9-8-10-6-4-5-7-11(10)12-13(9)15(2,3)17-14(12)16/h4-8H,1-3H3. The van der Waals surface area contributed by atoms with Crippen LogP contribution in [0.15, 0.2) is 30.3 Å². The molecule has 2 aromatic rings. The quantitative estimate of drug-likeness (QED) is 0.642. The van der Waals surface area contributed by atoms with Crippen LogP contribution in [0.4, 0.5) is 0 Å². The first-order valence-electron chi connectivity index (χ1n) is 5.77. The molecule has 2 heteroatoms. The second-order valence-electron chi connectivity index (χ2n) is 5.06. The predicted octanol–water partition coefficient (Wildman–Crippen LogP) is 3.55. The highest BCUT2D eigenvalue weighted by atomic mass is 16.6. The van der Waals surface area contributed by atoms with Crippen molar-refractivity contribution in [2.75, 3.05) is 0 Å². The zero-order chi connectivity index (χ0) is 12.2. The summed E-state index contributed by atoms with van der Waals surface area (Å²) in [6, 6.07) is 10.1. The molecule has 0 spiro atoms. The van der Waals surface area contributed by atoms with Gasteiger partial charge in [0.25, 0.3) is 0 Å². The van der Waals surface area contributed by atoms with Gasteiger partial charge in [0, 0.05) is 5.56 Å². The molecule has 0 unspecified atom stereocenters. The van der Waals surface area contributed by atoms with Crippen molar-refractivity contribution >= 4 is 16.7 Å². The van der Waals surface area contributed by atoms with Crippen molar-refractivity contribution in [1.82, 2.24) is 0 Å². The SMILES string of the molecule is Cc1cc2ccccc2c2c1C(C)(C)OC2=O. The molecule has 0 amide bonds. The number of aryl methyl sites for hydroxylation is 1. The number of carbonyl (C=O) groups is 1. The Morgan fingerprint density at radius 1 is 1.18 bits per heavy atom. The number of cyclic esters (lactones) is 1. The van der Waals surface area contributed by atoms with Crippen LogP contribution in [0.3, 0.4) is 0 Å². The lowest BCUT2D eigenvalue weighted by Crippen LogP contribution is -2.17. The molecule has 0 saturated carbocycles. The first kappa shape index (κ1) is 10.3. The van der Waals surface area contributed by atoms with Crippen LogP contribution in [0.25, 0.3) is 10.8 Å². The van der Waals surface area contributed by atoms with Gasteiger partial charge in [-0.2, -0.15) is 0 Å². The van der Waals surface area contributed by atoms with Gasteiger partial charge in [-0.25, -0.2) is 4.79 Å². The fourth-order valence-corrected chi connectivity index (χ4v) is 2.81. The largest absolute Gasteiger partial charge is 0.451 e. The smallest absolute Gasteiger partial charge is 0.340 e. The Labute approximate surface area is 100 Å². The van der Waals surface area contributed by atoms with Crippen LogP contribution in [0.5, 0.6) is 0 Å². The Hall–Kier alpha value is -1.83. The van der Waals surface area contributed by atoms with Crippen LogP contribution in [-0.2, 0) is 10.3 Å². The maximum absolute atomic E-state index is 12.0. The van der Waals surface area contributed by atoms with E-state index in [9.17, 15) is 4.79 Å². The van der Waals surface area contributed by atoms with Crippen molar-refractivity contribution in [3.63, 3.8) is 0 Å². The van der Waals surface area contributed by atoms with Crippen LogP contribution >= 0.6 is 0 Å². The highest BCUT2D eigenvalue weighted by molar-refractivity contribution is 6.08. The summed E-state index contributed by atoms with van der Waals surface area (Å²) in [5.41, 5.74) is 2.38. The van der Waals surface area contributed by atoms with Gasteiger partial charge in [0.2, 0.25) is 0 Å². The molecule has 17 heavy (non-hydrogen) atoms. The Morgan fingerprint density at radius 2 is 1.88 bits per heavy atom. The zero-order valence-electron chi connectivity index (χ0n) is 10.2. The molecule has 86 valence electrons. The minimum atomic E-state index is -0.513. The molecule has 2 aromatic carbocycles. The van der Waals surface area contributed by atoms with E-state index >= 15 is 0 Å². The Bertz CT molecular complexity index is 639. The van der Waals surface area contributed by atoms with Gasteiger partial charge in [-0.3, -0.25) is 0 Å². The minimum Gasteiger partial charge on any atom is -0.451 e. The molecule has 3 rings (SSSR count). The molecule has 0 bridgehead atoms. The van der Waals surface area contributed by atoms with Crippen LogP contribution < -0.4 is 0 Å². The number of fused-ring (bicyclic) bond motifs is 3. The lowest BCUT2D eigenvalue weighted by Gasteiger charge is -2.19. The molecule has 2 nitrogen and oxygen atoms in total. The number of rotatable bonds is 0. The van der Waals surface area contributed by atoms with Crippen molar-refractivity contribution in [2.45, 2.75) is 26.4 Å². The normalized spacial score (nSPS) is 17.0. The third kappa shape index (κ3) is 1.30. The summed E-state index contributed by atoms with van der Waals surface area (Å²) in [5, 5.41) is 2.09. The van der Waals surface area contributed by atoms with Crippen molar-refractivity contribution in [3.05, 3.63) is 47.0 Å². The van der Waals surface area contributed by atoms with Gasteiger partial charge in [-0.15, -0.1) is 0 Å². The van der Waals surface area contributed by atoms with E-state index in [2.05, 4.69) is 6.07 Å². The van der Waals surface area contributed by atoms with Crippen molar-refractivity contribution in [1.29, 1.82) is 0 Å². The summed E-state index contributed by atoms with van der Waals surface area (Å²) < 4.78 is 5.47. The third-order valence-electron chi connectivity index (χ3n) is 3.40. The van der Waals surface area contributed by atoms with E-state index in [4.69, 9.17) is 4.74 Å². The molecule has 0 saturated heterocycles. The maximum atomic E-state index is 12.0. The fraction of sp³-hybridized carbons (Fsp3) is 0.267. The summed E-state index contributed by atoms with van der Waals surface area (Å²) in [7, 11) is 0. The van der Waals surface area contributed by atoms with Gasteiger partial charge < -0.3 is 4.74 Å². The highest BCUT2D eigenvalue weighted by Crippen LogP contribution is 2.41. The van der Waals surface area contributed by atoms with Gasteiger partial charge in [-0.05, 0) is 37.1 Å². The van der Waals surface area contributed by atoms with E-state index in [1.807, 2.05) is 45.0 Å². The van der Waals surface area contributed by atoms with Gasteiger partial charge in [0.15, 0.2) is 0 Å². The van der Waals surface area contributed by atoms with Crippen LogP contribution in [0.1, 0.15) is 35.3 Å². The number of hydrogen-bond acceptors (Lipinski definition) is 2. The van der Waals surface area contributed by atoms with E-state index in [1.54, 1.807) is 0 Å². The Balaban J connectivity index is 2.51. The zero-order valence-corrected chi connectivity index (χ0v) is 10.2. The van der Waals surface area contributed by atoms with E-state index in [-0.39, 0.29) is 5.97 Å². The van der Waals surface area contributed by atoms with E-state index < -0.39 is 5.60 Å². The highest BCUT2D eigenvalue weighted by Gasteiger charge is 2.40. The second-order valence-corrected chi connectivity index (χ2v) is 5.06. The first-order chi connectivity index (χ1) is 8.00. The number of ether oxygens (including phenoxy) is 1. The molecule has 0 atom stereocenters. The summed E-state index contributed by atoms with van der Waals surface area (Å²) in [5.74, 6) is -0.204. The van der Waals surface area contributed by atoms with Gasteiger partial charge in [0.1, 0.15) is 5.60 Å². The molecule has 1 heterocycles. The van der Waals surface area contributed by atoms with E-state index in [0.717, 1.165) is 27.5 Å². The van der Waals surface area contributed by atoms with E-state index in [1.165, 1.54) is 0 Å². The van der Waals surface area contributed by atoms with Crippen LogP contribution in [-0.4, -0.2) is 5.97 Å². The van der Waals surface area contributed by atoms with Crippen molar-refractivity contribution < 1.29 is 9.53 Å². The average Bonchev–Trinajstić information content (AvgIpc) is 2.50. The Kier molecular flexibility index (Phi) is 1.88. The summed E-state index contributed by atoms with van der Waals surface area (Å²) in [6.45, 7) is 5.92. The molecule has 0 fully saturated rings. The summed E-state index contributed by atoms with van der Waals surface area (Å²) in [6.07, 6.45) is 0. The molecule has 1 aliphatic heterocycles. The number of carbonyl (C=O) groups excluding carboxylic acids is 1. The van der Waals surface area contributed by atoms with E-state index in [0.29, 0.717) is 0 Å². The van der Waals surface area contributed by atoms with Crippen molar-refractivity contribution in [2.24, 2.45) is 0 Å². The van der Waals surface area contributed by atoms with Crippen LogP contribution in [0.2, 0.25) is 0 Å².